The number of aliphatic hydroxyl groups excluding tert-OH is 1. The molecule has 0 saturated heterocycles. The number of nitrogens with one attached hydrogen (secondary N) is 1. The monoisotopic (exact) mass is 247 g/mol. The van der Waals surface area contributed by atoms with E-state index in [1.165, 1.54) is 0 Å². The van der Waals surface area contributed by atoms with Gasteiger partial charge in [0.25, 0.3) is 0 Å². The standard InChI is InChI=1S/C10H17NO4S/c12-4-7-2-1-3-8(7)11-9(13)5-16-6-10(14)15/h7-8,12H,1-6H2,(H,11,13)(H,14,15). The normalized spacial score (nSPS) is 24.3. The van der Waals surface area contributed by atoms with E-state index in [1.807, 2.05) is 0 Å². The van der Waals surface area contributed by atoms with Gasteiger partial charge in [0.1, 0.15) is 0 Å². The van der Waals surface area contributed by atoms with Crippen molar-refractivity contribution in [2.45, 2.75) is 25.3 Å². The molecule has 6 heteroatoms. The number of thioether (sulfide) groups is 1. The summed E-state index contributed by atoms with van der Waals surface area (Å²) in [4.78, 5) is 21.7. The van der Waals surface area contributed by atoms with Gasteiger partial charge in [-0.1, -0.05) is 6.42 Å². The quantitative estimate of drug-likeness (QED) is 0.619. The van der Waals surface area contributed by atoms with Crippen LogP contribution in [0.2, 0.25) is 0 Å². The van der Waals surface area contributed by atoms with Crippen LogP contribution in [0.3, 0.4) is 0 Å². The van der Waals surface area contributed by atoms with Crippen molar-refractivity contribution in [2.24, 2.45) is 5.92 Å². The lowest BCUT2D eigenvalue weighted by Crippen LogP contribution is -2.39. The lowest BCUT2D eigenvalue weighted by atomic mass is 10.1. The van der Waals surface area contributed by atoms with E-state index in [0.717, 1.165) is 31.0 Å². The molecule has 1 amide bonds. The molecule has 3 N–H and O–H groups in total. The van der Waals surface area contributed by atoms with Crippen LogP contribution in [0, 0.1) is 5.92 Å². The minimum atomic E-state index is -0.910. The van der Waals surface area contributed by atoms with Gasteiger partial charge in [0, 0.05) is 18.6 Å². The highest BCUT2D eigenvalue weighted by Crippen LogP contribution is 2.24. The van der Waals surface area contributed by atoms with Gasteiger partial charge in [-0.3, -0.25) is 9.59 Å². The second-order valence-corrected chi connectivity index (χ2v) is 4.92. The molecule has 16 heavy (non-hydrogen) atoms. The predicted octanol–water partition coefficient (Wildman–Crippen LogP) is 0.0814. The number of carbonyl (C=O) groups excluding carboxylic acids is 1. The van der Waals surface area contributed by atoms with E-state index in [4.69, 9.17) is 10.2 Å². The Hall–Kier alpha value is -0.750. The topological polar surface area (TPSA) is 86.6 Å². The van der Waals surface area contributed by atoms with Gasteiger partial charge < -0.3 is 15.5 Å². The van der Waals surface area contributed by atoms with Crippen molar-refractivity contribution in [3.8, 4) is 0 Å². The summed E-state index contributed by atoms with van der Waals surface area (Å²) in [5, 5.41) is 20.3. The van der Waals surface area contributed by atoms with Gasteiger partial charge in [0.05, 0.1) is 11.5 Å². The molecule has 0 bridgehead atoms. The van der Waals surface area contributed by atoms with Crippen molar-refractivity contribution >= 4 is 23.6 Å². The van der Waals surface area contributed by atoms with Crippen molar-refractivity contribution in [3.63, 3.8) is 0 Å². The molecule has 0 aromatic carbocycles. The maximum absolute atomic E-state index is 11.4. The molecule has 1 rings (SSSR count). The summed E-state index contributed by atoms with van der Waals surface area (Å²) < 4.78 is 0. The highest BCUT2D eigenvalue weighted by atomic mass is 32.2. The third-order valence-electron chi connectivity index (χ3n) is 2.70. The fourth-order valence-corrected chi connectivity index (χ4v) is 2.47. The Bertz CT molecular complexity index is 259. The first-order chi connectivity index (χ1) is 7.63. The van der Waals surface area contributed by atoms with Gasteiger partial charge in [-0.2, -0.15) is 0 Å². The van der Waals surface area contributed by atoms with E-state index in [9.17, 15) is 9.59 Å². The molecule has 0 radical (unpaired) electrons. The molecule has 2 atom stereocenters. The van der Waals surface area contributed by atoms with Crippen LogP contribution in [-0.2, 0) is 9.59 Å². The number of hydrogen-bond donors (Lipinski definition) is 3. The Kier molecular flexibility index (Phi) is 5.62. The average molecular weight is 247 g/mol. The van der Waals surface area contributed by atoms with Crippen LogP contribution in [0.15, 0.2) is 0 Å². The van der Waals surface area contributed by atoms with Gasteiger partial charge in [0.2, 0.25) is 5.91 Å². The van der Waals surface area contributed by atoms with Crippen LogP contribution in [0.25, 0.3) is 0 Å². The molecule has 0 aliphatic heterocycles. The molecule has 1 saturated carbocycles. The Labute approximate surface area is 98.6 Å². The minimum Gasteiger partial charge on any atom is -0.481 e. The minimum absolute atomic E-state index is 0.0541. The summed E-state index contributed by atoms with van der Waals surface area (Å²) >= 11 is 1.09. The van der Waals surface area contributed by atoms with Crippen LogP contribution < -0.4 is 5.32 Å². The number of rotatable bonds is 6. The lowest BCUT2D eigenvalue weighted by molar-refractivity contribution is -0.133. The van der Waals surface area contributed by atoms with Crippen LogP contribution in [0.5, 0.6) is 0 Å². The van der Waals surface area contributed by atoms with E-state index in [1.54, 1.807) is 0 Å². The lowest BCUT2D eigenvalue weighted by Gasteiger charge is -2.18. The van der Waals surface area contributed by atoms with E-state index >= 15 is 0 Å². The molecule has 0 aromatic rings. The number of carboxylic acid groups (broad SMARTS) is 1. The van der Waals surface area contributed by atoms with Gasteiger partial charge in [-0.05, 0) is 12.8 Å². The summed E-state index contributed by atoms with van der Waals surface area (Å²) in [6.45, 7) is 0.104. The van der Waals surface area contributed by atoms with Crippen molar-refractivity contribution in [2.75, 3.05) is 18.1 Å². The van der Waals surface area contributed by atoms with Gasteiger partial charge >= 0.3 is 5.97 Å². The van der Waals surface area contributed by atoms with Crippen LogP contribution in [-0.4, -0.2) is 46.2 Å². The second-order valence-electron chi connectivity index (χ2n) is 3.93. The van der Waals surface area contributed by atoms with Crippen LogP contribution in [0.1, 0.15) is 19.3 Å². The van der Waals surface area contributed by atoms with E-state index in [2.05, 4.69) is 5.32 Å². The van der Waals surface area contributed by atoms with E-state index < -0.39 is 5.97 Å². The fourth-order valence-electron chi connectivity index (χ4n) is 1.92. The van der Waals surface area contributed by atoms with E-state index in [0.29, 0.717) is 0 Å². The first kappa shape index (κ1) is 13.3. The third-order valence-corrected chi connectivity index (χ3v) is 3.62. The molecule has 2 unspecified atom stereocenters. The molecule has 1 aliphatic carbocycles. The van der Waals surface area contributed by atoms with Crippen molar-refractivity contribution in [1.29, 1.82) is 0 Å². The Balaban J connectivity index is 2.20. The van der Waals surface area contributed by atoms with Crippen molar-refractivity contribution in [1.82, 2.24) is 5.32 Å². The van der Waals surface area contributed by atoms with E-state index in [-0.39, 0.29) is 36.0 Å². The fraction of sp³-hybridized carbons (Fsp3) is 0.800. The first-order valence-corrected chi connectivity index (χ1v) is 6.48. The highest BCUT2D eigenvalue weighted by Gasteiger charge is 2.27. The molecule has 0 aromatic heterocycles. The zero-order valence-electron chi connectivity index (χ0n) is 9.02. The molecule has 1 aliphatic rings. The summed E-state index contributed by atoms with van der Waals surface area (Å²) in [6.07, 6.45) is 2.88. The molecule has 92 valence electrons. The molecule has 1 fully saturated rings. The molecule has 5 nitrogen and oxygen atoms in total. The van der Waals surface area contributed by atoms with Gasteiger partial charge in [-0.15, -0.1) is 11.8 Å². The van der Waals surface area contributed by atoms with Crippen LogP contribution in [0.4, 0.5) is 0 Å². The third kappa shape index (κ3) is 4.40. The average Bonchev–Trinajstić information content (AvgIpc) is 2.64. The number of amides is 1. The number of aliphatic hydroxyl groups is 1. The SMILES string of the molecule is O=C(O)CSCC(=O)NC1CCCC1CO. The summed E-state index contributed by atoms with van der Waals surface area (Å²) in [5.41, 5.74) is 0. The largest absolute Gasteiger partial charge is 0.481 e. The number of carboxylic acids is 1. The van der Waals surface area contributed by atoms with Crippen LogP contribution >= 0.6 is 11.8 Å². The zero-order chi connectivity index (χ0) is 12.0. The van der Waals surface area contributed by atoms with Crippen molar-refractivity contribution in [3.05, 3.63) is 0 Å². The summed E-state index contributed by atoms with van der Waals surface area (Å²) in [6, 6.07) is 0.0583. The number of carbonyl (C=O) groups is 2. The molecule has 0 spiro atoms. The first-order valence-electron chi connectivity index (χ1n) is 5.33. The highest BCUT2D eigenvalue weighted by molar-refractivity contribution is 8.00. The Morgan fingerprint density at radius 3 is 2.69 bits per heavy atom. The van der Waals surface area contributed by atoms with Gasteiger partial charge in [0.15, 0.2) is 0 Å². The maximum Gasteiger partial charge on any atom is 0.313 e. The number of aliphatic carboxylic acids is 1. The summed E-state index contributed by atoms with van der Waals surface area (Å²) in [7, 11) is 0. The molecular formula is C10H17NO4S. The van der Waals surface area contributed by atoms with Crippen molar-refractivity contribution < 1.29 is 19.8 Å². The summed E-state index contributed by atoms with van der Waals surface area (Å²) in [5.74, 6) is -0.778. The predicted molar refractivity (Wildman–Crippen MR) is 61.3 cm³/mol. The molecule has 0 heterocycles. The zero-order valence-corrected chi connectivity index (χ0v) is 9.83. The van der Waals surface area contributed by atoms with Gasteiger partial charge in [-0.25, -0.2) is 0 Å². The Morgan fingerprint density at radius 1 is 1.31 bits per heavy atom. The Morgan fingerprint density at radius 2 is 2.06 bits per heavy atom. The smallest absolute Gasteiger partial charge is 0.313 e. The molecular weight excluding hydrogens is 230 g/mol. The number of hydrogen-bond acceptors (Lipinski definition) is 4. The second kappa shape index (κ2) is 6.75. The maximum atomic E-state index is 11.4.